The fourth-order valence-corrected chi connectivity index (χ4v) is 2.73. The average molecular weight is 255 g/mol. The number of nitrogens with one attached hydrogen (secondary N) is 1. The predicted octanol–water partition coefficient (Wildman–Crippen LogP) is 4.04. The molecular formula is C16H33NO. The van der Waals surface area contributed by atoms with Crippen LogP contribution in [0.1, 0.15) is 66.2 Å². The Balaban J connectivity index is 3.59. The van der Waals surface area contributed by atoms with Gasteiger partial charge in [-0.25, -0.2) is 0 Å². The summed E-state index contributed by atoms with van der Waals surface area (Å²) in [5.41, 5.74) is 0. The molecule has 0 saturated carbocycles. The molecular weight excluding hydrogens is 222 g/mol. The number of carbonyl (C=O) groups excluding carboxylic acids is 1. The second-order valence-corrected chi connectivity index (χ2v) is 6.09. The van der Waals surface area contributed by atoms with E-state index in [1.54, 1.807) is 0 Å². The van der Waals surface area contributed by atoms with Crippen LogP contribution in [0, 0.1) is 17.8 Å². The number of hydrogen-bond donors (Lipinski definition) is 1. The van der Waals surface area contributed by atoms with E-state index in [4.69, 9.17) is 0 Å². The van der Waals surface area contributed by atoms with Gasteiger partial charge in [0.2, 0.25) is 0 Å². The Kier molecular flexibility index (Phi) is 11.5. The molecule has 0 aromatic carbocycles. The van der Waals surface area contributed by atoms with Crippen LogP contribution in [0.4, 0.5) is 0 Å². The van der Waals surface area contributed by atoms with Crippen molar-refractivity contribution in [1.82, 2.24) is 5.32 Å². The fourth-order valence-electron chi connectivity index (χ4n) is 2.73. The van der Waals surface area contributed by atoms with Crippen LogP contribution < -0.4 is 5.32 Å². The first-order valence-corrected chi connectivity index (χ1v) is 7.74. The molecule has 1 N–H and O–H groups in total. The van der Waals surface area contributed by atoms with Gasteiger partial charge in [-0.15, -0.1) is 0 Å². The van der Waals surface area contributed by atoms with Gasteiger partial charge in [0.15, 0.2) is 0 Å². The van der Waals surface area contributed by atoms with Gasteiger partial charge in [-0.1, -0.05) is 47.0 Å². The molecule has 0 saturated heterocycles. The van der Waals surface area contributed by atoms with E-state index in [1.165, 1.54) is 32.1 Å². The van der Waals surface area contributed by atoms with Gasteiger partial charge in [-0.05, 0) is 37.1 Å². The van der Waals surface area contributed by atoms with Crippen molar-refractivity contribution in [2.24, 2.45) is 17.8 Å². The molecule has 0 fully saturated rings. The van der Waals surface area contributed by atoms with E-state index in [2.05, 4.69) is 33.0 Å². The summed E-state index contributed by atoms with van der Waals surface area (Å²) in [7, 11) is 0. The molecule has 3 unspecified atom stereocenters. The Labute approximate surface area is 114 Å². The molecule has 0 aromatic heterocycles. The highest BCUT2D eigenvalue weighted by Gasteiger charge is 2.12. The van der Waals surface area contributed by atoms with Crippen LogP contribution in [0.2, 0.25) is 0 Å². The smallest absolute Gasteiger partial charge is 0.121 e. The summed E-state index contributed by atoms with van der Waals surface area (Å²) in [6, 6.07) is 0. The Bertz CT molecular complexity index is 194. The SMILES string of the molecule is CCCCC(C)CC(C)CC(C)CNCCC=O. The molecule has 0 aliphatic carbocycles. The lowest BCUT2D eigenvalue weighted by atomic mass is 9.87. The number of rotatable bonds is 12. The van der Waals surface area contributed by atoms with Crippen molar-refractivity contribution in [3.8, 4) is 0 Å². The van der Waals surface area contributed by atoms with Gasteiger partial charge < -0.3 is 10.1 Å². The molecule has 2 nitrogen and oxygen atoms in total. The summed E-state index contributed by atoms with van der Waals surface area (Å²) < 4.78 is 0. The second kappa shape index (κ2) is 11.7. The molecule has 0 heterocycles. The maximum atomic E-state index is 10.2. The van der Waals surface area contributed by atoms with Gasteiger partial charge in [0.25, 0.3) is 0 Å². The Morgan fingerprint density at radius 3 is 2.33 bits per heavy atom. The number of hydrogen-bond acceptors (Lipinski definition) is 2. The van der Waals surface area contributed by atoms with Crippen molar-refractivity contribution < 1.29 is 4.79 Å². The summed E-state index contributed by atoms with van der Waals surface area (Å²) in [6.07, 6.45) is 8.34. The minimum atomic E-state index is 0.635. The van der Waals surface area contributed by atoms with Gasteiger partial charge in [-0.2, -0.15) is 0 Å². The van der Waals surface area contributed by atoms with Crippen LogP contribution in [0.25, 0.3) is 0 Å². The quantitative estimate of drug-likeness (QED) is 0.421. The third-order valence-electron chi connectivity index (χ3n) is 3.59. The maximum absolute atomic E-state index is 10.2. The molecule has 108 valence electrons. The minimum Gasteiger partial charge on any atom is -0.316 e. The van der Waals surface area contributed by atoms with E-state index in [0.717, 1.165) is 31.2 Å². The van der Waals surface area contributed by atoms with E-state index in [9.17, 15) is 4.79 Å². The standard InChI is InChI=1S/C16H33NO/c1-5-6-8-14(2)11-15(3)12-16(4)13-17-9-7-10-18/h10,14-17H,5-9,11-13H2,1-4H3. The van der Waals surface area contributed by atoms with Crippen molar-refractivity contribution in [1.29, 1.82) is 0 Å². The van der Waals surface area contributed by atoms with Gasteiger partial charge in [0.05, 0.1) is 0 Å². The maximum Gasteiger partial charge on any atom is 0.121 e. The highest BCUT2D eigenvalue weighted by atomic mass is 16.1. The summed E-state index contributed by atoms with van der Waals surface area (Å²) in [5, 5.41) is 3.35. The van der Waals surface area contributed by atoms with Gasteiger partial charge >= 0.3 is 0 Å². The van der Waals surface area contributed by atoms with E-state index < -0.39 is 0 Å². The van der Waals surface area contributed by atoms with Crippen molar-refractivity contribution in [2.75, 3.05) is 13.1 Å². The van der Waals surface area contributed by atoms with Crippen molar-refractivity contribution in [3.63, 3.8) is 0 Å². The molecule has 0 radical (unpaired) electrons. The predicted molar refractivity (Wildman–Crippen MR) is 79.8 cm³/mol. The van der Waals surface area contributed by atoms with Gasteiger partial charge in [0, 0.05) is 13.0 Å². The van der Waals surface area contributed by atoms with Crippen molar-refractivity contribution >= 4 is 6.29 Å². The van der Waals surface area contributed by atoms with Crippen LogP contribution in [0.3, 0.4) is 0 Å². The lowest BCUT2D eigenvalue weighted by Crippen LogP contribution is -2.24. The molecule has 18 heavy (non-hydrogen) atoms. The minimum absolute atomic E-state index is 0.635. The molecule has 3 atom stereocenters. The van der Waals surface area contributed by atoms with E-state index >= 15 is 0 Å². The first-order valence-electron chi connectivity index (χ1n) is 7.74. The largest absolute Gasteiger partial charge is 0.316 e. The number of unbranched alkanes of at least 4 members (excludes halogenated alkanes) is 1. The topological polar surface area (TPSA) is 29.1 Å². The van der Waals surface area contributed by atoms with Crippen LogP contribution >= 0.6 is 0 Å². The monoisotopic (exact) mass is 255 g/mol. The van der Waals surface area contributed by atoms with Crippen LogP contribution in [-0.2, 0) is 4.79 Å². The van der Waals surface area contributed by atoms with E-state index in [-0.39, 0.29) is 0 Å². The normalized spacial score (nSPS) is 16.2. The van der Waals surface area contributed by atoms with Crippen LogP contribution in [0.5, 0.6) is 0 Å². The Morgan fingerprint density at radius 2 is 1.72 bits per heavy atom. The lowest BCUT2D eigenvalue weighted by Gasteiger charge is -2.21. The zero-order valence-electron chi connectivity index (χ0n) is 12.9. The van der Waals surface area contributed by atoms with Gasteiger partial charge in [-0.3, -0.25) is 0 Å². The number of carbonyl (C=O) groups is 1. The third-order valence-corrected chi connectivity index (χ3v) is 3.59. The van der Waals surface area contributed by atoms with E-state index in [0.29, 0.717) is 12.3 Å². The first-order chi connectivity index (χ1) is 8.60. The first kappa shape index (κ1) is 17.6. The third kappa shape index (κ3) is 10.8. The highest BCUT2D eigenvalue weighted by Crippen LogP contribution is 2.22. The van der Waals surface area contributed by atoms with Crippen LogP contribution in [0.15, 0.2) is 0 Å². The molecule has 0 rings (SSSR count). The Hall–Kier alpha value is -0.370. The zero-order chi connectivity index (χ0) is 13.8. The van der Waals surface area contributed by atoms with Crippen LogP contribution in [-0.4, -0.2) is 19.4 Å². The van der Waals surface area contributed by atoms with E-state index in [1.807, 2.05) is 0 Å². The molecule has 0 aliphatic heterocycles. The Morgan fingerprint density at radius 1 is 1.06 bits per heavy atom. The highest BCUT2D eigenvalue weighted by molar-refractivity contribution is 5.49. The molecule has 0 spiro atoms. The summed E-state index contributed by atoms with van der Waals surface area (Å²) in [5.74, 6) is 2.40. The fraction of sp³-hybridized carbons (Fsp3) is 0.938. The second-order valence-electron chi connectivity index (χ2n) is 6.09. The average Bonchev–Trinajstić information content (AvgIpc) is 2.31. The summed E-state index contributed by atoms with van der Waals surface area (Å²) in [4.78, 5) is 10.2. The summed E-state index contributed by atoms with van der Waals surface area (Å²) in [6.45, 7) is 11.2. The van der Waals surface area contributed by atoms with Crippen molar-refractivity contribution in [3.05, 3.63) is 0 Å². The molecule has 0 aliphatic rings. The summed E-state index contributed by atoms with van der Waals surface area (Å²) >= 11 is 0. The molecule has 0 amide bonds. The van der Waals surface area contributed by atoms with Gasteiger partial charge in [0.1, 0.15) is 6.29 Å². The lowest BCUT2D eigenvalue weighted by molar-refractivity contribution is -0.107. The molecule has 2 heteroatoms. The number of aldehydes is 1. The zero-order valence-corrected chi connectivity index (χ0v) is 12.9. The molecule has 0 bridgehead atoms. The van der Waals surface area contributed by atoms with Crippen molar-refractivity contribution in [2.45, 2.75) is 66.2 Å². The molecule has 0 aromatic rings.